The second-order valence-electron chi connectivity index (χ2n) is 6.43. The summed E-state index contributed by atoms with van der Waals surface area (Å²) in [5.74, 6) is 0.890. The number of ether oxygens (including phenoxy) is 1. The predicted molar refractivity (Wildman–Crippen MR) is 103 cm³/mol. The zero-order chi connectivity index (χ0) is 18.4. The second kappa shape index (κ2) is 8.52. The molecule has 0 saturated carbocycles. The van der Waals surface area contributed by atoms with Gasteiger partial charge >= 0.3 is 0 Å². The van der Waals surface area contributed by atoms with Crippen LogP contribution in [0, 0.1) is 6.92 Å². The van der Waals surface area contributed by atoms with Gasteiger partial charge in [0.1, 0.15) is 5.75 Å². The van der Waals surface area contributed by atoms with Crippen molar-refractivity contribution in [2.75, 3.05) is 23.4 Å². The van der Waals surface area contributed by atoms with Crippen molar-refractivity contribution in [3.8, 4) is 5.75 Å². The minimum atomic E-state index is -0.0718. The average Bonchev–Trinajstić information content (AvgIpc) is 3.06. The fourth-order valence-corrected chi connectivity index (χ4v) is 3.06. The zero-order valence-corrected chi connectivity index (χ0v) is 15.0. The third-order valence-electron chi connectivity index (χ3n) is 4.44. The van der Waals surface area contributed by atoms with Crippen LogP contribution in [0.4, 0.5) is 11.4 Å². The van der Waals surface area contributed by atoms with Crippen LogP contribution in [0.15, 0.2) is 48.5 Å². The van der Waals surface area contributed by atoms with Gasteiger partial charge in [-0.3, -0.25) is 9.59 Å². The molecule has 1 aliphatic rings. The summed E-state index contributed by atoms with van der Waals surface area (Å²) in [6.45, 7) is 3.19. The molecule has 2 amide bonds. The lowest BCUT2D eigenvalue weighted by atomic mass is 10.2. The van der Waals surface area contributed by atoms with Crippen molar-refractivity contribution in [3.05, 3.63) is 54.1 Å². The number of para-hydroxylation sites is 3. The second-order valence-corrected chi connectivity index (χ2v) is 6.43. The molecule has 0 aliphatic carbocycles. The Morgan fingerprint density at radius 3 is 2.69 bits per heavy atom. The average molecular weight is 352 g/mol. The summed E-state index contributed by atoms with van der Waals surface area (Å²) >= 11 is 0. The zero-order valence-electron chi connectivity index (χ0n) is 15.0. The smallest absolute Gasteiger partial charge is 0.227 e. The fraction of sp³-hybridized carbons (Fsp3) is 0.333. The Balaban J connectivity index is 1.51. The molecule has 3 rings (SSSR count). The molecule has 1 aliphatic heterocycles. The van der Waals surface area contributed by atoms with Gasteiger partial charge in [0.15, 0.2) is 0 Å². The van der Waals surface area contributed by atoms with E-state index in [9.17, 15) is 9.59 Å². The number of benzene rings is 2. The summed E-state index contributed by atoms with van der Waals surface area (Å²) in [4.78, 5) is 26.0. The molecular formula is C21H24N2O3. The molecule has 1 heterocycles. The van der Waals surface area contributed by atoms with Crippen molar-refractivity contribution in [3.63, 3.8) is 0 Å². The van der Waals surface area contributed by atoms with E-state index >= 15 is 0 Å². The molecule has 2 aromatic carbocycles. The van der Waals surface area contributed by atoms with Crippen LogP contribution in [0.25, 0.3) is 0 Å². The lowest BCUT2D eigenvalue weighted by Gasteiger charge is -2.20. The lowest BCUT2D eigenvalue weighted by Crippen LogP contribution is -2.25. The quantitative estimate of drug-likeness (QED) is 0.769. The Morgan fingerprint density at radius 1 is 1.15 bits per heavy atom. The number of hydrogen-bond acceptors (Lipinski definition) is 3. The van der Waals surface area contributed by atoms with Crippen LogP contribution >= 0.6 is 0 Å². The predicted octanol–water partition coefficient (Wildman–Crippen LogP) is 3.92. The summed E-state index contributed by atoms with van der Waals surface area (Å²) in [5.41, 5.74) is 2.55. The molecule has 26 heavy (non-hydrogen) atoms. The summed E-state index contributed by atoms with van der Waals surface area (Å²) in [6, 6.07) is 15.3. The maximum atomic E-state index is 12.3. The Morgan fingerprint density at radius 2 is 1.92 bits per heavy atom. The van der Waals surface area contributed by atoms with Gasteiger partial charge in [0, 0.05) is 19.4 Å². The van der Waals surface area contributed by atoms with Gasteiger partial charge < -0.3 is 15.0 Å². The molecule has 1 N–H and O–H groups in total. The number of nitrogens with zero attached hydrogens (tertiary/aromatic N) is 1. The number of carbonyl (C=O) groups excluding carboxylic acids is 2. The Kier molecular flexibility index (Phi) is 5.89. The SMILES string of the molecule is Cc1ccccc1OCCCC(=O)Nc1ccccc1N1CCCC1=O. The fourth-order valence-electron chi connectivity index (χ4n) is 3.06. The molecule has 1 fully saturated rings. The van der Waals surface area contributed by atoms with E-state index in [2.05, 4.69) is 5.32 Å². The molecule has 5 heteroatoms. The molecule has 0 unspecified atom stereocenters. The van der Waals surface area contributed by atoms with Crippen LogP contribution in [-0.2, 0) is 9.59 Å². The molecular weight excluding hydrogens is 328 g/mol. The summed E-state index contributed by atoms with van der Waals surface area (Å²) < 4.78 is 5.72. The summed E-state index contributed by atoms with van der Waals surface area (Å²) in [5, 5.41) is 2.93. The highest BCUT2D eigenvalue weighted by Crippen LogP contribution is 2.29. The largest absolute Gasteiger partial charge is 0.493 e. The minimum absolute atomic E-state index is 0.0718. The first-order valence-corrected chi connectivity index (χ1v) is 9.03. The van der Waals surface area contributed by atoms with E-state index in [0.717, 1.165) is 23.4 Å². The van der Waals surface area contributed by atoms with Gasteiger partial charge in [-0.2, -0.15) is 0 Å². The van der Waals surface area contributed by atoms with Gasteiger partial charge in [-0.15, -0.1) is 0 Å². The third kappa shape index (κ3) is 4.42. The van der Waals surface area contributed by atoms with E-state index in [1.54, 1.807) is 4.90 Å². The van der Waals surface area contributed by atoms with Crippen LogP contribution < -0.4 is 15.0 Å². The van der Waals surface area contributed by atoms with Crippen LogP contribution in [-0.4, -0.2) is 25.0 Å². The first-order chi connectivity index (χ1) is 12.6. The van der Waals surface area contributed by atoms with Crippen molar-refractivity contribution in [2.45, 2.75) is 32.6 Å². The van der Waals surface area contributed by atoms with E-state index in [0.29, 0.717) is 38.1 Å². The van der Waals surface area contributed by atoms with Crippen LogP contribution in [0.5, 0.6) is 5.75 Å². The number of hydrogen-bond donors (Lipinski definition) is 1. The maximum absolute atomic E-state index is 12.3. The Hall–Kier alpha value is -2.82. The number of nitrogens with one attached hydrogen (secondary N) is 1. The maximum Gasteiger partial charge on any atom is 0.227 e. The number of carbonyl (C=O) groups is 2. The normalized spacial score (nSPS) is 13.7. The van der Waals surface area contributed by atoms with E-state index in [4.69, 9.17) is 4.74 Å². The Labute approximate surface area is 154 Å². The van der Waals surface area contributed by atoms with Crippen molar-refractivity contribution < 1.29 is 14.3 Å². The highest BCUT2D eigenvalue weighted by molar-refractivity contribution is 6.02. The van der Waals surface area contributed by atoms with Crippen LogP contribution in [0.2, 0.25) is 0 Å². The number of aryl methyl sites for hydroxylation is 1. The monoisotopic (exact) mass is 352 g/mol. The molecule has 0 atom stereocenters. The molecule has 0 spiro atoms. The molecule has 136 valence electrons. The molecule has 1 saturated heterocycles. The molecule has 0 bridgehead atoms. The van der Waals surface area contributed by atoms with Gasteiger partial charge in [-0.1, -0.05) is 30.3 Å². The molecule has 0 radical (unpaired) electrons. The lowest BCUT2D eigenvalue weighted by molar-refractivity contribution is -0.117. The minimum Gasteiger partial charge on any atom is -0.493 e. The summed E-state index contributed by atoms with van der Waals surface area (Å²) in [7, 11) is 0. The summed E-state index contributed by atoms with van der Waals surface area (Å²) in [6.07, 6.45) is 2.43. The first-order valence-electron chi connectivity index (χ1n) is 9.03. The topological polar surface area (TPSA) is 58.6 Å². The highest BCUT2D eigenvalue weighted by Gasteiger charge is 2.24. The van der Waals surface area contributed by atoms with Crippen LogP contribution in [0.1, 0.15) is 31.2 Å². The van der Waals surface area contributed by atoms with Crippen molar-refractivity contribution in [2.24, 2.45) is 0 Å². The van der Waals surface area contributed by atoms with Crippen molar-refractivity contribution in [1.82, 2.24) is 0 Å². The van der Waals surface area contributed by atoms with Crippen molar-refractivity contribution in [1.29, 1.82) is 0 Å². The Bertz CT molecular complexity index is 788. The van der Waals surface area contributed by atoms with E-state index < -0.39 is 0 Å². The highest BCUT2D eigenvalue weighted by atomic mass is 16.5. The number of amides is 2. The van der Waals surface area contributed by atoms with Crippen LogP contribution in [0.3, 0.4) is 0 Å². The van der Waals surface area contributed by atoms with E-state index in [-0.39, 0.29) is 11.8 Å². The molecule has 0 aromatic heterocycles. The van der Waals surface area contributed by atoms with Gasteiger partial charge in [-0.25, -0.2) is 0 Å². The standard InChI is InChI=1S/C21H24N2O3/c1-16-8-2-5-11-19(16)26-15-7-12-20(24)22-17-9-3-4-10-18(17)23-14-6-13-21(23)25/h2-5,8-11H,6-7,12-15H2,1H3,(H,22,24). The first kappa shape index (κ1) is 18.0. The van der Waals surface area contributed by atoms with Gasteiger partial charge in [0.05, 0.1) is 18.0 Å². The number of rotatable bonds is 7. The third-order valence-corrected chi connectivity index (χ3v) is 4.44. The molecule has 5 nitrogen and oxygen atoms in total. The van der Waals surface area contributed by atoms with Crippen molar-refractivity contribution >= 4 is 23.2 Å². The van der Waals surface area contributed by atoms with Gasteiger partial charge in [0.25, 0.3) is 0 Å². The van der Waals surface area contributed by atoms with Gasteiger partial charge in [0.2, 0.25) is 11.8 Å². The van der Waals surface area contributed by atoms with E-state index in [1.807, 2.05) is 55.5 Å². The van der Waals surface area contributed by atoms with E-state index in [1.165, 1.54) is 0 Å². The van der Waals surface area contributed by atoms with Gasteiger partial charge in [-0.05, 0) is 43.5 Å². The molecule has 2 aromatic rings. The number of anilines is 2.